The smallest absolute Gasteiger partial charge is 0.107 e. The Balaban J connectivity index is 1.62. The largest absolute Gasteiger partial charge is 0.346 e. The summed E-state index contributed by atoms with van der Waals surface area (Å²) in [7, 11) is 0. The fourth-order valence-corrected chi connectivity index (χ4v) is 3.26. The average Bonchev–Trinajstić information content (AvgIpc) is 2.96. The van der Waals surface area contributed by atoms with Crippen LogP contribution in [-0.2, 0) is 19.3 Å². The van der Waals surface area contributed by atoms with Crippen molar-refractivity contribution >= 4 is 0 Å². The molecule has 0 saturated carbocycles. The molecule has 1 saturated heterocycles. The second kappa shape index (κ2) is 5.04. The van der Waals surface area contributed by atoms with Crippen molar-refractivity contribution in [2.24, 2.45) is 11.8 Å². The molecule has 18 heavy (non-hydrogen) atoms. The van der Waals surface area contributed by atoms with Crippen LogP contribution in [-0.4, -0.2) is 34.5 Å². The molecule has 2 aliphatic rings. The number of aromatic amines is 1. The van der Waals surface area contributed by atoms with E-state index >= 15 is 0 Å². The lowest BCUT2D eigenvalue weighted by Crippen LogP contribution is -2.22. The van der Waals surface area contributed by atoms with Crippen molar-refractivity contribution in [3.8, 4) is 0 Å². The summed E-state index contributed by atoms with van der Waals surface area (Å²) in [6, 6.07) is 0. The summed E-state index contributed by atoms with van der Waals surface area (Å²) < 4.78 is 0. The van der Waals surface area contributed by atoms with Gasteiger partial charge in [0.25, 0.3) is 0 Å². The van der Waals surface area contributed by atoms with Gasteiger partial charge in [-0.3, -0.25) is 0 Å². The predicted molar refractivity (Wildman–Crippen MR) is 73.7 cm³/mol. The van der Waals surface area contributed by atoms with Gasteiger partial charge in [0.2, 0.25) is 0 Å². The van der Waals surface area contributed by atoms with Gasteiger partial charge in [-0.15, -0.1) is 0 Å². The van der Waals surface area contributed by atoms with Crippen LogP contribution in [0.4, 0.5) is 0 Å². The summed E-state index contributed by atoms with van der Waals surface area (Å²) in [5, 5.41) is 0. The van der Waals surface area contributed by atoms with Crippen LogP contribution in [0.1, 0.15) is 43.9 Å². The number of aromatic nitrogens is 2. The number of hydrogen-bond donors (Lipinski definition) is 1. The van der Waals surface area contributed by atoms with E-state index in [0.717, 1.165) is 24.7 Å². The third kappa shape index (κ3) is 2.46. The van der Waals surface area contributed by atoms with E-state index in [0.29, 0.717) is 0 Å². The molecule has 1 aliphatic carbocycles. The van der Waals surface area contributed by atoms with E-state index < -0.39 is 0 Å². The second-order valence-corrected chi connectivity index (χ2v) is 6.27. The van der Waals surface area contributed by atoms with Crippen LogP contribution in [0.2, 0.25) is 0 Å². The van der Waals surface area contributed by atoms with Crippen LogP contribution in [0.5, 0.6) is 0 Å². The fraction of sp³-hybridized carbons (Fsp3) is 0.800. The molecule has 1 N–H and O–H groups in total. The lowest BCUT2D eigenvalue weighted by atomic mass is 9.82. The minimum absolute atomic E-state index is 0.784. The van der Waals surface area contributed by atoms with Gasteiger partial charge in [0.05, 0.1) is 5.69 Å². The summed E-state index contributed by atoms with van der Waals surface area (Å²) in [4.78, 5) is 10.9. The number of hydrogen-bond acceptors (Lipinski definition) is 2. The number of imidazole rings is 1. The molecule has 1 fully saturated rings. The van der Waals surface area contributed by atoms with E-state index in [1.807, 2.05) is 0 Å². The van der Waals surface area contributed by atoms with E-state index in [1.165, 1.54) is 56.1 Å². The third-order valence-corrected chi connectivity index (χ3v) is 4.79. The molecule has 3 nitrogen and oxygen atoms in total. The first-order chi connectivity index (χ1) is 8.72. The highest BCUT2D eigenvalue weighted by Gasteiger charge is 2.25. The Bertz CT molecular complexity index is 376. The van der Waals surface area contributed by atoms with E-state index in [1.54, 1.807) is 0 Å². The van der Waals surface area contributed by atoms with Crippen molar-refractivity contribution in [1.29, 1.82) is 0 Å². The number of nitrogens with zero attached hydrogens (tertiary/aromatic N) is 2. The zero-order valence-electron chi connectivity index (χ0n) is 11.7. The normalized spacial score (nSPS) is 28.6. The number of H-pyrrole nitrogens is 1. The molecule has 100 valence electrons. The van der Waals surface area contributed by atoms with Gasteiger partial charge in [0.1, 0.15) is 5.82 Å². The Kier molecular flexibility index (Phi) is 3.42. The van der Waals surface area contributed by atoms with Gasteiger partial charge >= 0.3 is 0 Å². The molecule has 0 aromatic carbocycles. The molecule has 3 heteroatoms. The molecule has 2 unspecified atom stereocenters. The van der Waals surface area contributed by atoms with Crippen LogP contribution < -0.4 is 0 Å². The Morgan fingerprint density at radius 1 is 1.17 bits per heavy atom. The number of fused-ring (bicyclic) bond motifs is 1. The summed E-state index contributed by atoms with van der Waals surface area (Å²) in [6.45, 7) is 8.46. The number of nitrogens with one attached hydrogen (secondary N) is 1. The zero-order chi connectivity index (χ0) is 12.5. The van der Waals surface area contributed by atoms with Crippen LogP contribution in [0.3, 0.4) is 0 Å². The van der Waals surface area contributed by atoms with Gasteiger partial charge in [-0.1, -0.05) is 13.8 Å². The maximum atomic E-state index is 4.81. The summed E-state index contributed by atoms with van der Waals surface area (Å²) >= 11 is 0. The topological polar surface area (TPSA) is 31.9 Å². The van der Waals surface area contributed by atoms with Crippen LogP contribution in [0.15, 0.2) is 0 Å². The first kappa shape index (κ1) is 12.2. The highest BCUT2D eigenvalue weighted by Crippen LogP contribution is 2.28. The molecule has 1 aromatic rings. The Hall–Kier alpha value is -0.830. The average molecular weight is 247 g/mol. The molecule has 0 radical (unpaired) electrons. The molecular formula is C15H25N3. The van der Waals surface area contributed by atoms with E-state index in [9.17, 15) is 0 Å². The number of likely N-dealkylation sites (tertiary alicyclic amines) is 1. The van der Waals surface area contributed by atoms with Crippen molar-refractivity contribution in [3.05, 3.63) is 17.2 Å². The molecule has 2 heterocycles. The minimum Gasteiger partial charge on any atom is -0.346 e. The van der Waals surface area contributed by atoms with Crippen molar-refractivity contribution in [2.45, 2.75) is 46.0 Å². The van der Waals surface area contributed by atoms with E-state index in [2.05, 4.69) is 23.7 Å². The highest BCUT2D eigenvalue weighted by atomic mass is 15.1. The quantitative estimate of drug-likeness (QED) is 0.889. The second-order valence-electron chi connectivity index (χ2n) is 6.27. The predicted octanol–water partition coefficient (Wildman–Crippen LogP) is 2.42. The van der Waals surface area contributed by atoms with Crippen molar-refractivity contribution in [3.63, 3.8) is 0 Å². The lowest BCUT2D eigenvalue weighted by Gasteiger charge is -2.24. The molecule has 1 aromatic heterocycles. The highest BCUT2D eigenvalue weighted by molar-refractivity contribution is 5.19. The van der Waals surface area contributed by atoms with Gasteiger partial charge in [0, 0.05) is 18.7 Å². The molecule has 0 spiro atoms. The number of rotatable bonds is 3. The molecule has 2 atom stereocenters. The van der Waals surface area contributed by atoms with Crippen LogP contribution >= 0.6 is 0 Å². The van der Waals surface area contributed by atoms with Crippen LogP contribution in [0.25, 0.3) is 0 Å². The van der Waals surface area contributed by atoms with Crippen molar-refractivity contribution < 1.29 is 0 Å². The zero-order valence-corrected chi connectivity index (χ0v) is 11.7. The van der Waals surface area contributed by atoms with Crippen LogP contribution in [0, 0.1) is 11.8 Å². The molecule has 1 aliphatic heterocycles. The van der Waals surface area contributed by atoms with E-state index in [4.69, 9.17) is 4.98 Å². The van der Waals surface area contributed by atoms with Gasteiger partial charge in [-0.2, -0.15) is 0 Å². The van der Waals surface area contributed by atoms with E-state index in [-0.39, 0.29) is 0 Å². The third-order valence-electron chi connectivity index (χ3n) is 4.79. The lowest BCUT2D eigenvalue weighted by molar-refractivity contribution is 0.341. The van der Waals surface area contributed by atoms with Gasteiger partial charge < -0.3 is 9.88 Å². The fourth-order valence-electron chi connectivity index (χ4n) is 3.26. The minimum atomic E-state index is 0.784. The Labute approximate surface area is 110 Å². The summed E-state index contributed by atoms with van der Waals surface area (Å²) in [6.07, 6.45) is 6.20. The molecular weight excluding hydrogens is 222 g/mol. The maximum absolute atomic E-state index is 4.81. The van der Waals surface area contributed by atoms with Crippen molar-refractivity contribution in [2.75, 3.05) is 19.6 Å². The summed E-state index contributed by atoms with van der Waals surface area (Å²) in [5.74, 6) is 2.80. The molecule has 3 rings (SSSR count). The summed E-state index contributed by atoms with van der Waals surface area (Å²) in [5.41, 5.74) is 2.76. The Morgan fingerprint density at radius 3 is 2.67 bits per heavy atom. The van der Waals surface area contributed by atoms with Crippen molar-refractivity contribution in [1.82, 2.24) is 14.9 Å². The standard InChI is InChI=1S/C15H25N3/c1-11-9-13-14(10-12(11)2)17-15(16-13)5-8-18-6-3-4-7-18/h11-12H,3-10H2,1-2H3,(H,16,17). The first-order valence-electron chi connectivity index (χ1n) is 7.51. The molecule has 0 amide bonds. The monoisotopic (exact) mass is 247 g/mol. The maximum Gasteiger partial charge on any atom is 0.107 e. The SMILES string of the molecule is CC1Cc2nc(CCN3CCCC3)[nH]c2CC1C. The molecule has 0 bridgehead atoms. The Morgan fingerprint density at radius 2 is 1.89 bits per heavy atom. The first-order valence-corrected chi connectivity index (χ1v) is 7.51. The van der Waals surface area contributed by atoms with Gasteiger partial charge in [0.15, 0.2) is 0 Å². The van der Waals surface area contributed by atoms with Gasteiger partial charge in [-0.05, 0) is 50.6 Å². The van der Waals surface area contributed by atoms with Gasteiger partial charge in [-0.25, -0.2) is 4.98 Å².